The maximum absolute atomic E-state index is 12.9. The van der Waals surface area contributed by atoms with E-state index in [0.717, 1.165) is 22.3 Å². The lowest BCUT2D eigenvalue weighted by atomic mass is 9.98. The molecule has 1 aliphatic rings. The summed E-state index contributed by atoms with van der Waals surface area (Å²) in [6.07, 6.45) is 0.940. The van der Waals surface area contributed by atoms with Crippen LogP contribution in [-0.4, -0.2) is 35.7 Å². The summed E-state index contributed by atoms with van der Waals surface area (Å²) in [6, 6.07) is 19.4. The van der Waals surface area contributed by atoms with Crippen LogP contribution in [0.1, 0.15) is 33.8 Å². The lowest BCUT2D eigenvalue weighted by Gasteiger charge is -2.19. The Morgan fingerprint density at radius 3 is 2.26 bits per heavy atom. The predicted octanol–water partition coefficient (Wildman–Crippen LogP) is 5.57. The highest BCUT2D eigenvalue weighted by Gasteiger charge is 2.29. The van der Waals surface area contributed by atoms with Crippen molar-refractivity contribution in [2.75, 3.05) is 11.9 Å². The third-order valence-corrected chi connectivity index (χ3v) is 6.52. The number of hydrogen-bond acceptors (Lipinski definition) is 4. The molecule has 4 rings (SSSR count). The van der Waals surface area contributed by atoms with Crippen molar-refractivity contribution >= 4 is 39.6 Å². The van der Waals surface area contributed by atoms with E-state index < -0.39 is 24.0 Å². The molecule has 3 N–H and O–H groups in total. The van der Waals surface area contributed by atoms with Crippen molar-refractivity contribution in [2.24, 2.45) is 0 Å². The van der Waals surface area contributed by atoms with Gasteiger partial charge in [0.2, 0.25) is 5.91 Å². The minimum absolute atomic E-state index is 0.0215. The number of amides is 2. The fraction of sp³-hybridized carbons (Fsp3) is 0.148. The summed E-state index contributed by atoms with van der Waals surface area (Å²) in [5.41, 5.74) is 4.71. The van der Waals surface area contributed by atoms with Crippen molar-refractivity contribution in [1.82, 2.24) is 5.32 Å². The van der Waals surface area contributed by atoms with Gasteiger partial charge in [-0.3, -0.25) is 4.79 Å². The summed E-state index contributed by atoms with van der Waals surface area (Å²) in [5.74, 6) is -1.75. The van der Waals surface area contributed by atoms with Gasteiger partial charge in [0.05, 0.1) is 11.3 Å². The Hall–Kier alpha value is -3.91. The van der Waals surface area contributed by atoms with Gasteiger partial charge >= 0.3 is 12.1 Å². The number of nitrogens with one attached hydrogen (secondary N) is 2. The first-order valence-corrected chi connectivity index (χ1v) is 11.7. The minimum atomic E-state index is -1.12. The first-order valence-electron chi connectivity index (χ1n) is 10.9. The van der Waals surface area contributed by atoms with Gasteiger partial charge in [0.1, 0.15) is 12.6 Å². The van der Waals surface area contributed by atoms with Gasteiger partial charge in [0.15, 0.2) is 0 Å². The summed E-state index contributed by atoms with van der Waals surface area (Å²) in [5, 5.41) is 14.4. The van der Waals surface area contributed by atoms with Gasteiger partial charge in [-0.2, -0.15) is 0 Å². The Kier molecular flexibility index (Phi) is 7.31. The van der Waals surface area contributed by atoms with Crippen LogP contribution in [0.3, 0.4) is 0 Å². The third kappa shape index (κ3) is 5.27. The molecular formula is C27H23BrN2O5. The minimum Gasteiger partial charge on any atom is -0.478 e. The lowest BCUT2D eigenvalue weighted by molar-refractivity contribution is -0.118. The molecule has 0 aromatic heterocycles. The smallest absolute Gasteiger partial charge is 0.407 e. The number of benzene rings is 3. The van der Waals surface area contributed by atoms with Gasteiger partial charge < -0.3 is 20.5 Å². The maximum Gasteiger partial charge on any atom is 0.407 e. The lowest BCUT2D eigenvalue weighted by Crippen LogP contribution is -2.44. The highest BCUT2D eigenvalue weighted by Crippen LogP contribution is 2.44. The average molecular weight is 535 g/mol. The number of carbonyl (C=O) groups is 3. The van der Waals surface area contributed by atoms with Crippen LogP contribution in [-0.2, 0) is 9.53 Å². The first-order chi connectivity index (χ1) is 16.9. The normalized spacial score (nSPS) is 12.7. The number of halogens is 1. The van der Waals surface area contributed by atoms with Crippen LogP contribution in [0.15, 0.2) is 83.9 Å². The Morgan fingerprint density at radius 1 is 1.03 bits per heavy atom. The van der Waals surface area contributed by atoms with Crippen LogP contribution in [0.2, 0.25) is 0 Å². The molecule has 178 valence electrons. The Balaban J connectivity index is 1.43. The SMILES string of the molecule is C=CCC(NC(=O)OCC1c2ccccc2-c2ccccc21)C(=O)Nc1cc(C(=O)O)ccc1Br. The zero-order valence-electron chi connectivity index (χ0n) is 18.7. The highest BCUT2D eigenvalue weighted by atomic mass is 79.9. The number of alkyl carbamates (subject to hydrolysis) is 1. The fourth-order valence-electron chi connectivity index (χ4n) is 4.15. The molecular weight excluding hydrogens is 512 g/mol. The van der Waals surface area contributed by atoms with Gasteiger partial charge in [-0.1, -0.05) is 54.6 Å². The van der Waals surface area contributed by atoms with E-state index in [0.29, 0.717) is 4.47 Å². The first kappa shape index (κ1) is 24.2. The third-order valence-electron chi connectivity index (χ3n) is 5.83. The van der Waals surface area contributed by atoms with Crippen molar-refractivity contribution in [2.45, 2.75) is 18.4 Å². The summed E-state index contributed by atoms with van der Waals surface area (Å²) in [7, 11) is 0. The Labute approximate surface area is 210 Å². The summed E-state index contributed by atoms with van der Waals surface area (Å²) in [6.45, 7) is 3.77. The number of carboxylic acid groups (broad SMARTS) is 1. The summed E-state index contributed by atoms with van der Waals surface area (Å²) < 4.78 is 6.05. The Bertz CT molecular complexity index is 1260. The van der Waals surface area contributed by atoms with E-state index in [4.69, 9.17) is 4.74 Å². The molecule has 0 spiro atoms. The molecule has 35 heavy (non-hydrogen) atoms. The zero-order chi connectivity index (χ0) is 24.9. The predicted molar refractivity (Wildman–Crippen MR) is 137 cm³/mol. The number of ether oxygens (including phenoxy) is 1. The summed E-state index contributed by atoms with van der Waals surface area (Å²) >= 11 is 3.30. The Morgan fingerprint density at radius 2 is 1.66 bits per heavy atom. The van der Waals surface area contributed by atoms with Crippen LogP contribution in [0.25, 0.3) is 11.1 Å². The number of rotatable bonds is 8. The second-order valence-corrected chi connectivity index (χ2v) is 8.89. The molecule has 0 aliphatic heterocycles. The molecule has 1 atom stereocenters. The van der Waals surface area contributed by atoms with Crippen LogP contribution in [0.4, 0.5) is 10.5 Å². The molecule has 0 radical (unpaired) electrons. The van der Waals surface area contributed by atoms with Gasteiger partial charge in [0, 0.05) is 10.4 Å². The van der Waals surface area contributed by atoms with Crippen LogP contribution in [0.5, 0.6) is 0 Å². The molecule has 2 amide bonds. The van der Waals surface area contributed by atoms with Crippen molar-refractivity contribution < 1.29 is 24.2 Å². The van der Waals surface area contributed by atoms with E-state index in [1.807, 2.05) is 36.4 Å². The largest absolute Gasteiger partial charge is 0.478 e. The van der Waals surface area contributed by atoms with Gasteiger partial charge in [-0.15, -0.1) is 6.58 Å². The number of aromatic carboxylic acids is 1. The van der Waals surface area contributed by atoms with Crippen molar-refractivity contribution in [3.63, 3.8) is 0 Å². The van der Waals surface area contributed by atoms with Crippen LogP contribution in [0, 0.1) is 0 Å². The standard InChI is InChI=1S/C27H23BrN2O5/c1-2-7-23(25(31)29-24-14-16(26(32)33)12-13-22(24)28)30-27(34)35-15-21-19-10-5-3-8-17(19)18-9-4-6-11-20(18)21/h2-6,8-14,21,23H,1,7,15H2,(H,29,31)(H,30,34)(H,32,33). The molecule has 0 saturated heterocycles. The molecule has 3 aromatic carbocycles. The van der Waals surface area contributed by atoms with Gasteiger partial charge in [-0.25, -0.2) is 9.59 Å². The molecule has 1 unspecified atom stereocenters. The van der Waals surface area contributed by atoms with E-state index >= 15 is 0 Å². The van der Waals surface area contributed by atoms with Gasteiger partial charge in [0.25, 0.3) is 0 Å². The van der Waals surface area contributed by atoms with Gasteiger partial charge in [-0.05, 0) is 62.8 Å². The van der Waals surface area contributed by atoms with Crippen LogP contribution < -0.4 is 10.6 Å². The van der Waals surface area contributed by atoms with E-state index in [9.17, 15) is 19.5 Å². The topological polar surface area (TPSA) is 105 Å². The number of hydrogen-bond donors (Lipinski definition) is 3. The van der Waals surface area contributed by atoms with Crippen molar-refractivity contribution in [3.8, 4) is 11.1 Å². The highest BCUT2D eigenvalue weighted by molar-refractivity contribution is 9.10. The molecule has 0 saturated carbocycles. The van der Waals surface area contributed by atoms with E-state index in [1.54, 1.807) is 0 Å². The maximum atomic E-state index is 12.9. The molecule has 1 aliphatic carbocycles. The molecule has 7 nitrogen and oxygen atoms in total. The zero-order valence-corrected chi connectivity index (χ0v) is 20.2. The quantitative estimate of drug-likeness (QED) is 0.327. The van der Waals surface area contributed by atoms with E-state index in [2.05, 4.69) is 45.3 Å². The molecule has 3 aromatic rings. The molecule has 0 bridgehead atoms. The van der Waals surface area contributed by atoms with Crippen molar-refractivity contribution in [1.29, 1.82) is 0 Å². The molecule has 8 heteroatoms. The second-order valence-electron chi connectivity index (χ2n) is 8.04. The summed E-state index contributed by atoms with van der Waals surface area (Å²) in [4.78, 5) is 36.8. The second kappa shape index (κ2) is 10.6. The molecule has 0 heterocycles. The number of carbonyl (C=O) groups excluding carboxylic acids is 2. The van der Waals surface area contributed by atoms with E-state index in [1.165, 1.54) is 24.3 Å². The van der Waals surface area contributed by atoms with Crippen LogP contribution >= 0.6 is 15.9 Å². The number of fused-ring (bicyclic) bond motifs is 3. The monoisotopic (exact) mass is 534 g/mol. The average Bonchev–Trinajstić information content (AvgIpc) is 3.17. The fourth-order valence-corrected chi connectivity index (χ4v) is 4.50. The number of carboxylic acids is 1. The molecule has 0 fully saturated rings. The number of anilines is 1. The van der Waals surface area contributed by atoms with E-state index in [-0.39, 0.29) is 30.2 Å². The van der Waals surface area contributed by atoms with Crippen molar-refractivity contribution in [3.05, 3.63) is 101 Å².